The average Bonchev–Trinajstić information content (AvgIpc) is 2.81. The molecule has 7 nitrogen and oxygen atoms in total. The molecule has 0 amide bonds. The highest BCUT2D eigenvalue weighted by molar-refractivity contribution is 6.35. The van der Waals surface area contributed by atoms with Gasteiger partial charge in [-0.2, -0.15) is 5.10 Å². The fraction of sp³-hybridized carbons (Fsp3) is 0. The molecule has 2 heterocycles. The number of aromatic nitrogens is 1. The number of nitrogens with zero attached hydrogens (tertiary/aromatic N) is 3. The van der Waals surface area contributed by atoms with Crippen LogP contribution in [0.3, 0.4) is 0 Å². The second kappa shape index (κ2) is 5.68. The van der Waals surface area contributed by atoms with E-state index in [1.165, 1.54) is 30.6 Å². The molecule has 19 heavy (non-hydrogen) atoms. The number of hydrogen-bond acceptors (Lipinski definition) is 6. The molecular formula is C10H6Cl2N4O3. The van der Waals surface area contributed by atoms with Gasteiger partial charge in [0.2, 0.25) is 0 Å². The monoisotopic (exact) mass is 300 g/mol. The number of anilines is 1. The Kier molecular flexibility index (Phi) is 3.98. The van der Waals surface area contributed by atoms with Gasteiger partial charge in [-0.05, 0) is 12.1 Å². The molecule has 0 unspecified atom stereocenters. The third kappa shape index (κ3) is 3.43. The Balaban J connectivity index is 2.04. The van der Waals surface area contributed by atoms with E-state index in [-0.39, 0.29) is 11.6 Å². The van der Waals surface area contributed by atoms with Crippen molar-refractivity contribution >= 4 is 41.1 Å². The van der Waals surface area contributed by atoms with Crippen molar-refractivity contribution in [2.24, 2.45) is 5.10 Å². The van der Waals surface area contributed by atoms with Gasteiger partial charge in [0.25, 0.3) is 0 Å². The maximum Gasteiger partial charge on any atom is 0.433 e. The van der Waals surface area contributed by atoms with Gasteiger partial charge < -0.3 is 4.42 Å². The van der Waals surface area contributed by atoms with Crippen molar-refractivity contribution in [2.45, 2.75) is 0 Å². The van der Waals surface area contributed by atoms with Crippen LogP contribution in [0.1, 0.15) is 5.76 Å². The molecule has 0 fully saturated rings. The van der Waals surface area contributed by atoms with Crippen molar-refractivity contribution < 1.29 is 9.34 Å². The normalized spacial score (nSPS) is 10.8. The van der Waals surface area contributed by atoms with E-state index in [0.29, 0.717) is 15.9 Å². The van der Waals surface area contributed by atoms with Crippen LogP contribution in [0.4, 0.5) is 11.7 Å². The lowest BCUT2D eigenvalue weighted by atomic mass is 10.4. The first-order valence-corrected chi connectivity index (χ1v) is 5.66. The first-order chi connectivity index (χ1) is 9.06. The van der Waals surface area contributed by atoms with Gasteiger partial charge in [-0.25, -0.2) is 4.98 Å². The molecule has 0 aliphatic heterocycles. The number of pyridine rings is 1. The molecule has 0 aromatic carbocycles. The Morgan fingerprint density at radius 3 is 2.89 bits per heavy atom. The van der Waals surface area contributed by atoms with E-state index in [9.17, 15) is 10.1 Å². The highest BCUT2D eigenvalue weighted by Gasteiger charge is 2.10. The van der Waals surface area contributed by atoms with Crippen LogP contribution in [-0.4, -0.2) is 16.1 Å². The first kappa shape index (κ1) is 13.3. The number of hydrogen-bond donors (Lipinski definition) is 1. The SMILES string of the molecule is O=[N+]([O-])c1ccc(C=NNc2ncc(Cl)cc2Cl)o1. The molecule has 2 rings (SSSR count). The number of hydrazone groups is 1. The van der Waals surface area contributed by atoms with Gasteiger partial charge in [-0.1, -0.05) is 23.2 Å². The molecule has 0 aliphatic rings. The van der Waals surface area contributed by atoms with Crippen LogP contribution < -0.4 is 5.43 Å². The molecule has 2 aromatic rings. The highest BCUT2D eigenvalue weighted by atomic mass is 35.5. The second-order valence-electron chi connectivity index (χ2n) is 3.29. The summed E-state index contributed by atoms with van der Waals surface area (Å²) in [6.45, 7) is 0. The summed E-state index contributed by atoms with van der Waals surface area (Å²) in [6.07, 6.45) is 2.67. The van der Waals surface area contributed by atoms with E-state index in [4.69, 9.17) is 27.6 Å². The van der Waals surface area contributed by atoms with Crippen LogP contribution in [0.2, 0.25) is 10.0 Å². The predicted molar refractivity (Wildman–Crippen MR) is 70.8 cm³/mol. The lowest BCUT2D eigenvalue weighted by molar-refractivity contribution is -0.402. The molecule has 0 aliphatic carbocycles. The van der Waals surface area contributed by atoms with Crippen molar-refractivity contribution in [2.75, 3.05) is 5.43 Å². The summed E-state index contributed by atoms with van der Waals surface area (Å²) in [4.78, 5) is 13.7. The standard InChI is InChI=1S/C10H6Cl2N4O3/c11-6-3-8(12)10(13-4-6)15-14-5-7-1-2-9(19-7)16(17)18/h1-5H,(H,13,15). The largest absolute Gasteiger partial charge is 0.433 e. The zero-order valence-electron chi connectivity index (χ0n) is 9.21. The Morgan fingerprint density at radius 2 is 2.26 bits per heavy atom. The maximum atomic E-state index is 10.4. The molecule has 0 saturated carbocycles. The minimum Gasteiger partial charge on any atom is -0.400 e. The molecule has 0 saturated heterocycles. The lowest BCUT2D eigenvalue weighted by Gasteiger charge is -2.01. The number of nitro groups is 1. The van der Waals surface area contributed by atoms with Crippen LogP contribution in [-0.2, 0) is 0 Å². The van der Waals surface area contributed by atoms with Gasteiger partial charge >= 0.3 is 5.88 Å². The molecule has 0 atom stereocenters. The Bertz CT molecular complexity index is 641. The summed E-state index contributed by atoms with van der Waals surface area (Å²) in [6, 6.07) is 4.15. The Labute approximate surface area is 117 Å². The Hall–Kier alpha value is -2.12. The average molecular weight is 301 g/mol. The summed E-state index contributed by atoms with van der Waals surface area (Å²) in [5, 5.41) is 14.9. The third-order valence-corrected chi connectivity index (χ3v) is 2.46. The zero-order chi connectivity index (χ0) is 13.8. The number of furan rings is 1. The highest BCUT2D eigenvalue weighted by Crippen LogP contribution is 2.22. The minimum atomic E-state index is -0.637. The molecular weight excluding hydrogens is 295 g/mol. The van der Waals surface area contributed by atoms with E-state index in [0.717, 1.165) is 0 Å². The van der Waals surface area contributed by atoms with Gasteiger partial charge in [0.15, 0.2) is 11.6 Å². The van der Waals surface area contributed by atoms with Crippen molar-refractivity contribution in [3.05, 3.63) is 50.3 Å². The van der Waals surface area contributed by atoms with Gasteiger partial charge in [-0.15, -0.1) is 0 Å². The first-order valence-electron chi connectivity index (χ1n) is 4.90. The summed E-state index contributed by atoms with van der Waals surface area (Å²) in [5.74, 6) is 0.178. The lowest BCUT2D eigenvalue weighted by Crippen LogP contribution is -1.93. The third-order valence-electron chi connectivity index (χ3n) is 1.96. The van der Waals surface area contributed by atoms with Gasteiger partial charge in [-0.3, -0.25) is 15.5 Å². The van der Waals surface area contributed by atoms with Crippen molar-refractivity contribution in [1.82, 2.24) is 4.98 Å². The summed E-state index contributed by atoms with van der Waals surface area (Å²) in [7, 11) is 0. The summed E-state index contributed by atoms with van der Waals surface area (Å²) >= 11 is 11.5. The number of rotatable bonds is 4. The molecule has 98 valence electrons. The van der Waals surface area contributed by atoms with Gasteiger partial charge in [0.1, 0.15) is 4.92 Å². The quantitative estimate of drug-likeness (QED) is 0.531. The minimum absolute atomic E-state index is 0.226. The smallest absolute Gasteiger partial charge is 0.400 e. The summed E-state index contributed by atoms with van der Waals surface area (Å²) < 4.78 is 4.87. The summed E-state index contributed by atoms with van der Waals surface area (Å²) in [5.41, 5.74) is 2.57. The van der Waals surface area contributed by atoms with Crippen molar-refractivity contribution in [3.63, 3.8) is 0 Å². The van der Waals surface area contributed by atoms with E-state index in [2.05, 4.69) is 15.5 Å². The van der Waals surface area contributed by atoms with E-state index < -0.39 is 4.92 Å². The zero-order valence-corrected chi connectivity index (χ0v) is 10.7. The van der Waals surface area contributed by atoms with Crippen molar-refractivity contribution in [1.29, 1.82) is 0 Å². The molecule has 1 N–H and O–H groups in total. The Morgan fingerprint density at radius 1 is 1.47 bits per heavy atom. The van der Waals surface area contributed by atoms with Gasteiger partial charge in [0.05, 0.1) is 22.3 Å². The predicted octanol–water partition coefficient (Wildman–Crippen LogP) is 3.34. The molecule has 2 aromatic heterocycles. The van der Waals surface area contributed by atoms with Crippen LogP contribution in [0, 0.1) is 10.1 Å². The van der Waals surface area contributed by atoms with Crippen LogP contribution in [0.25, 0.3) is 0 Å². The van der Waals surface area contributed by atoms with E-state index >= 15 is 0 Å². The van der Waals surface area contributed by atoms with Crippen LogP contribution in [0.5, 0.6) is 0 Å². The maximum absolute atomic E-state index is 10.4. The molecule has 9 heteroatoms. The molecule has 0 bridgehead atoms. The fourth-order valence-corrected chi connectivity index (χ4v) is 1.59. The van der Waals surface area contributed by atoms with Gasteiger partial charge in [0, 0.05) is 6.20 Å². The molecule has 0 radical (unpaired) electrons. The van der Waals surface area contributed by atoms with Crippen molar-refractivity contribution in [3.8, 4) is 0 Å². The van der Waals surface area contributed by atoms with Crippen LogP contribution in [0.15, 0.2) is 33.9 Å². The topological polar surface area (TPSA) is 93.6 Å². The fourth-order valence-electron chi connectivity index (χ4n) is 1.16. The molecule has 0 spiro atoms. The van der Waals surface area contributed by atoms with Crippen LogP contribution >= 0.6 is 23.2 Å². The van der Waals surface area contributed by atoms with E-state index in [1.807, 2.05) is 0 Å². The second-order valence-corrected chi connectivity index (χ2v) is 4.13. The van der Waals surface area contributed by atoms with E-state index in [1.54, 1.807) is 0 Å². The number of halogens is 2. The number of nitrogens with one attached hydrogen (secondary N) is 1.